The fourth-order valence-electron chi connectivity index (χ4n) is 3.00. The number of rotatable bonds is 4. The van der Waals surface area contributed by atoms with Crippen LogP contribution in [0.1, 0.15) is 43.7 Å². The smallest absolute Gasteiger partial charge is 0.325 e. The molecule has 0 radical (unpaired) electrons. The number of hydrogen-bond donors (Lipinski definition) is 2. The molecule has 2 aliphatic rings. The molecule has 2 N–H and O–H groups in total. The van der Waals surface area contributed by atoms with Crippen LogP contribution in [-0.2, 0) is 4.79 Å². The molecule has 1 unspecified atom stereocenters. The Hall–Kier alpha value is -1.75. The molecule has 0 aromatic heterocycles. The van der Waals surface area contributed by atoms with Crippen molar-refractivity contribution < 1.29 is 19.4 Å². The largest absolute Gasteiger partial charge is 0.490 e. The first-order valence-corrected chi connectivity index (χ1v) is 7.62. The maximum Gasteiger partial charge on any atom is 0.325 e. The Morgan fingerprint density at radius 1 is 1.14 bits per heavy atom. The summed E-state index contributed by atoms with van der Waals surface area (Å²) in [7, 11) is 0. The lowest BCUT2D eigenvalue weighted by atomic mass is 10.0. The molecule has 1 aromatic carbocycles. The van der Waals surface area contributed by atoms with E-state index in [9.17, 15) is 9.90 Å². The van der Waals surface area contributed by atoms with E-state index in [2.05, 4.69) is 5.32 Å². The van der Waals surface area contributed by atoms with Gasteiger partial charge in [-0.05, 0) is 30.5 Å². The highest BCUT2D eigenvalue weighted by molar-refractivity contribution is 5.76. The average molecular weight is 291 g/mol. The normalized spacial score (nSPS) is 20.0. The van der Waals surface area contributed by atoms with Crippen LogP contribution in [0.3, 0.4) is 0 Å². The van der Waals surface area contributed by atoms with E-state index in [1.165, 1.54) is 12.8 Å². The second kappa shape index (κ2) is 6.35. The number of aliphatic carboxylic acids is 1. The zero-order valence-electron chi connectivity index (χ0n) is 12.0. The Bertz CT molecular complexity index is 511. The third-order valence-electron chi connectivity index (χ3n) is 4.11. The van der Waals surface area contributed by atoms with Crippen molar-refractivity contribution in [3.8, 4) is 11.5 Å². The van der Waals surface area contributed by atoms with Gasteiger partial charge in [-0.3, -0.25) is 10.1 Å². The van der Waals surface area contributed by atoms with Crippen molar-refractivity contribution in [3.63, 3.8) is 0 Å². The molecule has 3 rings (SSSR count). The predicted octanol–water partition coefficient (Wildman–Crippen LogP) is 2.51. The van der Waals surface area contributed by atoms with Crippen molar-refractivity contribution in [1.82, 2.24) is 5.32 Å². The van der Waals surface area contributed by atoms with Crippen LogP contribution in [0.15, 0.2) is 18.2 Å². The minimum atomic E-state index is -0.851. The Morgan fingerprint density at radius 2 is 1.86 bits per heavy atom. The van der Waals surface area contributed by atoms with Gasteiger partial charge < -0.3 is 14.6 Å². The SMILES string of the molecule is O=C(O)C(NC1CCCC1)c1ccc2c(c1)OCCCO2. The van der Waals surface area contributed by atoms with E-state index in [0.717, 1.165) is 24.8 Å². The zero-order valence-corrected chi connectivity index (χ0v) is 12.0. The maximum atomic E-state index is 11.6. The summed E-state index contributed by atoms with van der Waals surface area (Å²) in [5, 5.41) is 12.8. The van der Waals surface area contributed by atoms with Gasteiger partial charge in [-0.15, -0.1) is 0 Å². The first kappa shape index (κ1) is 14.2. The molecule has 0 amide bonds. The molecule has 114 valence electrons. The summed E-state index contributed by atoms with van der Waals surface area (Å²) < 4.78 is 11.2. The van der Waals surface area contributed by atoms with Gasteiger partial charge in [0.1, 0.15) is 6.04 Å². The Kier molecular flexibility index (Phi) is 4.29. The monoisotopic (exact) mass is 291 g/mol. The molecule has 1 fully saturated rings. The number of ether oxygens (including phenoxy) is 2. The Morgan fingerprint density at radius 3 is 2.57 bits per heavy atom. The van der Waals surface area contributed by atoms with E-state index >= 15 is 0 Å². The minimum absolute atomic E-state index is 0.294. The van der Waals surface area contributed by atoms with Crippen LogP contribution in [-0.4, -0.2) is 30.3 Å². The molecule has 0 bridgehead atoms. The maximum absolute atomic E-state index is 11.6. The van der Waals surface area contributed by atoms with Gasteiger partial charge in [-0.25, -0.2) is 0 Å². The molecule has 21 heavy (non-hydrogen) atoms. The molecule has 1 heterocycles. The lowest BCUT2D eigenvalue weighted by Crippen LogP contribution is -2.35. The van der Waals surface area contributed by atoms with Gasteiger partial charge in [0.15, 0.2) is 11.5 Å². The zero-order chi connectivity index (χ0) is 14.7. The second-order valence-corrected chi connectivity index (χ2v) is 5.68. The molecule has 5 heteroatoms. The molecule has 5 nitrogen and oxygen atoms in total. The van der Waals surface area contributed by atoms with E-state index in [-0.39, 0.29) is 0 Å². The van der Waals surface area contributed by atoms with Crippen LogP contribution >= 0.6 is 0 Å². The van der Waals surface area contributed by atoms with E-state index in [0.29, 0.717) is 30.8 Å². The predicted molar refractivity (Wildman–Crippen MR) is 77.8 cm³/mol. The van der Waals surface area contributed by atoms with Crippen molar-refractivity contribution in [2.45, 2.75) is 44.2 Å². The lowest BCUT2D eigenvalue weighted by molar-refractivity contribution is -0.139. The van der Waals surface area contributed by atoms with Gasteiger partial charge in [-0.2, -0.15) is 0 Å². The summed E-state index contributed by atoms with van der Waals surface area (Å²) in [4.78, 5) is 11.6. The first-order valence-electron chi connectivity index (χ1n) is 7.62. The molecule has 1 saturated carbocycles. The van der Waals surface area contributed by atoms with Gasteiger partial charge in [-0.1, -0.05) is 18.9 Å². The quantitative estimate of drug-likeness (QED) is 0.892. The fraction of sp³-hybridized carbons (Fsp3) is 0.562. The number of fused-ring (bicyclic) bond motifs is 1. The fourth-order valence-corrected chi connectivity index (χ4v) is 3.00. The van der Waals surface area contributed by atoms with Crippen LogP contribution in [0, 0.1) is 0 Å². The molecular weight excluding hydrogens is 270 g/mol. The average Bonchev–Trinajstić information content (AvgIpc) is 2.87. The summed E-state index contributed by atoms with van der Waals surface area (Å²) in [6.07, 6.45) is 5.28. The van der Waals surface area contributed by atoms with Gasteiger partial charge in [0.2, 0.25) is 0 Å². The molecular formula is C16H21NO4. The second-order valence-electron chi connectivity index (χ2n) is 5.68. The molecule has 0 spiro atoms. The van der Waals surface area contributed by atoms with Crippen molar-refractivity contribution in [1.29, 1.82) is 0 Å². The van der Waals surface area contributed by atoms with E-state index < -0.39 is 12.0 Å². The van der Waals surface area contributed by atoms with Crippen LogP contribution in [0.4, 0.5) is 0 Å². The number of carboxylic acids is 1. The number of carboxylic acid groups (broad SMARTS) is 1. The standard InChI is InChI=1S/C16H21NO4/c18-16(19)15(17-12-4-1-2-5-12)11-6-7-13-14(10-11)21-9-3-8-20-13/h6-7,10,12,15,17H,1-5,8-9H2,(H,18,19). The van der Waals surface area contributed by atoms with Crippen molar-refractivity contribution in [3.05, 3.63) is 23.8 Å². The summed E-state index contributed by atoms with van der Waals surface area (Å²) >= 11 is 0. The Balaban J connectivity index is 1.81. The number of nitrogens with one attached hydrogen (secondary N) is 1. The lowest BCUT2D eigenvalue weighted by Gasteiger charge is -2.20. The highest BCUT2D eigenvalue weighted by atomic mass is 16.5. The van der Waals surface area contributed by atoms with Crippen LogP contribution in [0.5, 0.6) is 11.5 Å². The molecule has 0 saturated heterocycles. The molecule has 1 aliphatic heterocycles. The number of carbonyl (C=O) groups is 1. The topological polar surface area (TPSA) is 67.8 Å². The van der Waals surface area contributed by atoms with Crippen molar-refractivity contribution in [2.24, 2.45) is 0 Å². The van der Waals surface area contributed by atoms with E-state index in [4.69, 9.17) is 9.47 Å². The molecule has 1 aliphatic carbocycles. The van der Waals surface area contributed by atoms with E-state index in [1.54, 1.807) is 6.07 Å². The Labute approximate surface area is 124 Å². The summed E-state index contributed by atoms with van der Waals surface area (Å²) in [6.45, 7) is 1.24. The first-order chi connectivity index (χ1) is 10.2. The summed E-state index contributed by atoms with van der Waals surface area (Å²) in [5.41, 5.74) is 0.721. The third-order valence-corrected chi connectivity index (χ3v) is 4.11. The summed E-state index contributed by atoms with van der Waals surface area (Å²) in [6, 6.07) is 5.02. The number of hydrogen-bond acceptors (Lipinski definition) is 4. The van der Waals surface area contributed by atoms with Crippen LogP contribution < -0.4 is 14.8 Å². The van der Waals surface area contributed by atoms with Crippen LogP contribution in [0.2, 0.25) is 0 Å². The van der Waals surface area contributed by atoms with Gasteiger partial charge >= 0.3 is 5.97 Å². The highest BCUT2D eigenvalue weighted by Gasteiger charge is 2.26. The van der Waals surface area contributed by atoms with Gasteiger partial charge in [0.05, 0.1) is 13.2 Å². The molecule has 1 atom stereocenters. The van der Waals surface area contributed by atoms with E-state index in [1.807, 2.05) is 12.1 Å². The summed E-state index contributed by atoms with van der Waals surface area (Å²) in [5.74, 6) is 0.488. The van der Waals surface area contributed by atoms with Gasteiger partial charge in [0, 0.05) is 12.5 Å². The number of benzene rings is 1. The van der Waals surface area contributed by atoms with Crippen molar-refractivity contribution in [2.75, 3.05) is 13.2 Å². The highest BCUT2D eigenvalue weighted by Crippen LogP contribution is 2.33. The molecule has 1 aromatic rings. The van der Waals surface area contributed by atoms with Crippen molar-refractivity contribution >= 4 is 5.97 Å². The van der Waals surface area contributed by atoms with Crippen LogP contribution in [0.25, 0.3) is 0 Å². The minimum Gasteiger partial charge on any atom is -0.490 e. The third kappa shape index (κ3) is 3.29. The van der Waals surface area contributed by atoms with Gasteiger partial charge in [0.25, 0.3) is 0 Å².